The highest BCUT2D eigenvalue weighted by Gasteiger charge is 2.59. The predicted octanol–water partition coefficient (Wildman–Crippen LogP) is 7.57. The predicted molar refractivity (Wildman–Crippen MR) is 167 cm³/mol. The minimum atomic E-state index is -0.816. The Hall–Kier alpha value is -2.40. The van der Waals surface area contributed by atoms with Crippen LogP contribution in [0, 0.1) is 46.3 Å². The summed E-state index contributed by atoms with van der Waals surface area (Å²) < 4.78 is 4.96. The normalized spacial score (nSPS) is 37.4. The van der Waals surface area contributed by atoms with Crippen molar-refractivity contribution >= 4 is 11.9 Å². The molecule has 0 radical (unpaired) electrons. The Balaban J connectivity index is 1.19. The summed E-state index contributed by atoms with van der Waals surface area (Å²) in [7, 11) is 1.35. The van der Waals surface area contributed by atoms with E-state index >= 15 is 0 Å². The zero-order chi connectivity index (χ0) is 30.2. The SMILES string of the molecule is COC(=O)[C@@H](NC(=O)/C(C)=C/CC[C@@H](C)[C@H]1CC=C2[C@@H]3CCC4[C@H](C)[C@@H](O)CC[C@]4(C)[C@H]3CC[C@@]21C)c1ccccc1. The van der Waals surface area contributed by atoms with Crippen molar-refractivity contribution in [3.05, 3.63) is 59.2 Å². The second kappa shape index (κ2) is 12.3. The zero-order valence-corrected chi connectivity index (χ0v) is 26.7. The first-order valence-corrected chi connectivity index (χ1v) is 16.5. The van der Waals surface area contributed by atoms with Crippen LogP contribution in [0.15, 0.2) is 53.6 Å². The zero-order valence-electron chi connectivity index (χ0n) is 26.7. The minimum Gasteiger partial charge on any atom is -0.467 e. The van der Waals surface area contributed by atoms with E-state index in [0.717, 1.165) is 25.2 Å². The van der Waals surface area contributed by atoms with Crippen LogP contribution >= 0.6 is 0 Å². The van der Waals surface area contributed by atoms with Gasteiger partial charge < -0.3 is 15.2 Å². The molecule has 5 rings (SSSR count). The molecule has 3 saturated carbocycles. The van der Waals surface area contributed by atoms with Crippen molar-refractivity contribution in [3.8, 4) is 0 Å². The van der Waals surface area contributed by atoms with Gasteiger partial charge in [-0.1, -0.05) is 75.8 Å². The molecule has 1 aromatic carbocycles. The van der Waals surface area contributed by atoms with E-state index in [1.165, 1.54) is 45.6 Å². The molecule has 0 bridgehead atoms. The molecule has 0 heterocycles. The van der Waals surface area contributed by atoms with E-state index in [1.54, 1.807) is 5.57 Å². The van der Waals surface area contributed by atoms with Crippen molar-refractivity contribution in [2.75, 3.05) is 7.11 Å². The van der Waals surface area contributed by atoms with Crippen LogP contribution in [0.3, 0.4) is 0 Å². The van der Waals surface area contributed by atoms with Gasteiger partial charge in [0.15, 0.2) is 6.04 Å². The third-order valence-electron chi connectivity index (χ3n) is 12.6. The molecule has 0 saturated heterocycles. The molecule has 4 aliphatic carbocycles. The number of nitrogens with one attached hydrogen (secondary N) is 1. The topological polar surface area (TPSA) is 75.6 Å². The fraction of sp³-hybridized carbons (Fsp3) is 0.676. The maximum atomic E-state index is 13.0. The fourth-order valence-corrected chi connectivity index (χ4v) is 10.1. The quantitative estimate of drug-likeness (QED) is 0.190. The number of rotatable bonds is 8. The molecule has 2 N–H and O–H groups in total. The molecule has 3 fully saturated rings. The van der Waals surface area contributed by atoms with Gasteiger partial charge in [0, 0.05) is 5.57 Å². The van der Waals surface area contributed by atoms with Gasteiger partial charge in [-0.3, -0.25) is 4.79 Å². The number of amides is 1. The summed E-state index contributed by atoms with van der Waals surface area (Å²) in [5.41, 5.74) is 3.76. The average Bonchev–Trinajstić information content (AvgIpc) is 3.35. The van der Waals surface area contributed by atoms with Crippen LogP contribution in [-0.2, 0) is 14.3 Å². The summed E-state index contributed by atoms with van der Waals surface area (Å²) in [5, 5.41) is 13.5. The second-order valence-electron chi connectivity index (χ2n) is 14.6. The average molecular weight is 576 g/mol. The molecule has 1 aromatic rings. The van der Waals surface area contributed by atoms with Crippen LogP contribution in [-0.4, -0.2) is 30.2 Å². The highest BCUT2D eigenvalue weighted by molar-refractivity contribution is 5.95. The molecule has 5 nitrogen and oxygen atoms in total. The summed E-state index contributed by atoms with van der Waals surface area (Å²) in [4.78, 5) is 25.4. The maximum Gasteiger partial charge on any atom is 0.333 e. The molecule has 42 heavy (non-hydrogen) atoms. The van der Waals surface area contributed by atoms with E-state index in [4.69, 9.17) is 4.74 Å². The van der Waals surface area contributed by atoms with Gasteiger partial charge in [-0.25, -0.2) is 4.79 Å². The van der Waals surface area contributed by atoms with Gasteiger partial charge >= 0.3 is 5.97 Å². The first-order chi connectivity index (χ1) is 20.0. The number of fused-ring (bicyclic) bond motifs is 5. The standard InChI is InChI=1S/C37H53NO4/c1-23(11-10-12-24(2)34(40)38-33(35(41)42-6)26-13-8-7-9-14-26)28-17-18-30-27-15-16-29-25(3)32(39)20-22-37(29,5)31(27)19-21-36(28,30)4/h7-9,12-14,18,23,25,27-29,31-33,39H,10-11,15-17,19-22H2,1-6H3,(H,38,40)/b24-12+/t23-,25+,27+,28-,29?,31+,32+,33+,36-,37+/m1/s1. The molecule has 5 heteroatoms. The summed E-state index contributed by atoms with van der Waals surface area (Å²) >= 11 is 0. The summed E-state index contributed by atoms with van der Waals surface area (Å²) in [6.07, 6.45) is 14.9. The van der Waals surface area contributed by atoms with E-state index in [-0.39, 0.29) is 17.4 Å². The van der Waals surface area contributed by atoms with Crippen LogP contribution < -0.4 is 5.32 Å². The lowest BCUT2D eigenvalue weighted by molar-refractivity contribution is -0.144. The van der Waals surface area contributed by atoms with Crippen LogP contribution in [0.5, 0.6) is 0 Å². The number of aliphatic hydroxyl groups excluding tert-OH is 1. The number of allylic oxidation sites excluding steroid dienone is 3. The summed E-state index contributed by atoms with van der Waals surface area (Å²) in [6.45, 7) is 11.7. The molecule has 0 aliphatic heterocycles. The molecule has 0 aromatic heterocycles. The Morgan fingerprint density at radius 2 is 1.83 bits per heavy atom. The number of esters is 1. The Bertz CT molecular complexity index is 1210. The minimum absolute atomic E-state index is 0.119. The van der Waals surface area contributed by atoms with Gasteiger partial charge in [-0.05, 0) is 117 Å². The Morgan fingerprint density at radius 1 is 1.10 bits per heavy atom. The van der Waals surface area contributed by atoms with E-state index in [2.05, 4.69) is 39.1 Å². The highest BCUT2D eigenvalue weighted by Crippen LogP contribution is 2.67. The number of hydrogen-bond donors (Lipinski definition) is 2. The number of carbonyl (C=O) groups is 2. The van der Waals surface area contributed by atoms with E-state index in [9.17, 15) is 14.7 Å². The number of hydrogen-bond acceptors (Lipinski definition) is 4. The first-order valence-electron chi connectivity index (χ1n) is 16.5. The van der Waals surface area contributed by atoms with Crippen molar-refractivity contribution in [1.82, 2.24) is 5.32 Å². The van der Waals surface area contributed by atoms with Crippen molar-refractivity contribution in [2.24, 2.45) is 46.3 Å². The lowest BCUT2D eigenvalue weighted by Crippen LogP contribution is -2.54. The van der Waals surface area contributed by atoms with E-state index in [1.807, 2.05) is 43.3 Å². The second-order valence-corrected chi connectivity index (χ2v) is 14.6. The van der Waals surface area contributed by atoms with E-state index < -0.39 is 12.0 Å². The third kappa shape index (κ3) is 5.51. The smallest absolute Gasteiger partial charge is 0.333 e. The van der Waals surface area contributed by atoms with Crippen LogP contribution in [0.1, 0.15) is 104 Å². The molecule has 230 valence electrons. The molecule has 0 spiro atoms. The Kier molecular flexibility index (Phi) is 9.09. The van der Waals surface area contributed by atoms with Gasteiger partial charge in [0.1, 0.15) is 0 Å². The van der Waals surface area contributed by atoms with Crippen molar-refractivity contribution in [3.63, 3.8) is 0 Å². The van der Waals surface area contributed by atoms with Crippen LogP contribution in [0.2, 0.25) is 0 Å². The Morgan fingerprint density at radius 3 is 2.55 bits per heavy atom. The van der Waals surface area contributed by atoms with Crippen molar-refractivity contribution in [1.29, 1.82) is 0 Å². The third-order valence-corrected chi connectivity index (χ3v) is 12.6. The monoisotopic (exact) mass is 575 g/mol. The molecule has 1 amide bonds. The van der Waals surface area contributed by atoms with Gasteiger partial charge in [-0.2, -0.15) is 0 Å². The molecular weight excluding hydrogens is 522 g/mol. The fourth-order valence-electron chi connectivity index (χ4n) is 10.1. The van der Waals surface area contributed by atoms with Gasteiger partial charge in [0.2, 0.25) is 5.91 Å². The van der Waals surface area contributed by atoms with E-state index in [0.29, 0.717) is 46.1 Å². The number of methoxy groups -OCH3 is 1. The largest absolute Gasteiger partial charge is 0.467 e. The number of aliphatic hydroxyl groups is 1. The van der Waals surface area contributed by atoms with Gasteiger partial charge in [-0.15, -0.1) is 0 Å². The molecule has 4 aliphatic rings. The summed E-state index contributed by atoms with van der Waals surface area (Å²) in [6, 6.07) is 8.42. The molecule has 10 atom stereocenters. The Labute approximate surface area is 253 Å². The number of benzene rings is 1. The van der Waals surface area contributed by atoms with Crippen LogP contribution in [0.4, 0.5) is 0 Å². The number of carbonyl (C=O) groups excluding carboxylic acids is 2. The summed E-state index contributed by atoms with van der Waals surface area (Å²) in [5.74, 6) is 3.06. The van der Waals surface area contributed by atoms with Gasteiger partial charge in [0.05, 0.1) is 13.2 Å². The molecular formula is C37H53NO4. The maximum absolute atomic E-state index is 13.0. The molecule has 1 unspecified atom stereocenters. The number of ether oxygens (including phenoxy) is 1. The highest BCUT2D eigenvalue weighted by atomic mass is 16.5. The van der Waals surface area contributed by atoms with Crippen LogP contribution in [0.25, 0.3) is 0 Å². The van der Waals surface area contributed by atoms with Crippen molar-refractivity contribution in [2.45, 2.75) is 105 Å². The van der Waals surface area contributed by atoms with Crippen molar-refractivity contribution < 1.29 is 19.4 Å². The first kappa shape index (κ1) is 31.0. The lowest BCUT2D eigenvalue weighted by atomic mass is 9.44. The lowest BCUT2D eigenvalue weighted by Gasteiger charge is -2.61. The van der Waals surface area contributed by atoms with Gasteiger partial charge in [0.25, 0.3) is 0 Å².